The molecule has 0 amide bonds. The van der Waals surface area contributed by atoms with Gasteiger partial charge >= 0.3 is 5.97 Å². The Bertz CT molecular complexity index is 2110. The third-order valence-electron chi connectivity index (χ3n) is 20.2. The summed E-state index contributed by atoms with van der Waals surface area (Å²) in [5, 5.41) is 108. The molecule has 0 radical (unpaired) electrons. The summed E-state index contributed by atoms with van der Waals surface area (Å²) < 4.78 is 85.0. The second-order valence-electron chi connectivity index (χ2n) is 24.9. The van der Waals surface area contributed by atoms with Gasteiger partial charge in [0.1, 0.15) is 85.5 Å². The number of esters is 1. The lowest BCUT2D eigenvalue weighted by Crippen LogP contribution is -2.65. The topological polar surface area (TPSA) is 349 Å². The van der Waals surface area contributed by atoms with E-state index in [0.29, 0.717) is 24.7 Å². The normalized spacial score (nSPS) is 52.5. The highest BCUT2D eigenvalue weighted by atomic mass is 16.8. The maximum Gasteiger partial charge on any atom is 0.303 e. The van der Waals surface area contributed by atoms with E-state index in [4.69, 9.17) is 66.3 Å². The number of hydrogen-bond acceptors (Lipinski definition) is 25. The molecule has 0 bridgehead atoms. The van der Waals surface area contributed by atoms with Gasteiger partial charge in [0.05, 0.1) is 55.9 Å². The SMILES string of the molecule is CO[C@H]1[C@@H](O)[C@@H](C)O[C@@H](O[C@H]2[C@@H](OC)C[C@H](O[C@H]3CC[C@@]4(C)C(=CC[C@H]5[C@@H]6C[C@@H](O)[C@H]([C@H](C)O[C@@H]7O[C@H](C)[C@H](O)[C@H](OC)[C@H]7O[C@@H]7O[C@H](CO[C@@H]8O[C@H](CO)[C@@H](O)[C@H](O)[C@H]8O)[C@@H](O)[C@H](O)[C@H]7O)[C@@]6(C)CC[C@@H]54)C3)O[C@@H]2C)[C@@H]1OC(C)=O. The van der Waals surface area contributed by atoms with Crippen molar-refractivity contribution in [1.29, 1.82) is 0 Å². The molecule has 0 aromatic carbocycles. The summed E-state index contributed by atoms with van der Waals surface area (Å²) >= 11 is 0. The second kappa shape index (κ2) is 25.9. The molecule has 0 aromatic heterocycles. The lowest BCUT2D eigenvalue weighted by Gasteiger charge is -2.58. The molecule has 3 saturated carbocycles. The molecule has 9 aliphatic rings. The molecular formula is C56H92O25. The molecule has 81 heavy (non-hydrogen) atoms. The van der Waals surface area contributed by atoms with Crippen LogP contribution in [0.15, 0.2) is 11.6 Å². The van der Waals surface area contributed by atoms with Crippen LogP contribution in [0.2, 0.25) is 0 Å². The van der Waals surface area contributed by atoms with Crippen molar-refractivity contribution < 1.29 is 122 Å². The molecule has 0 unspecified atom stereocenters. The molecule has 0 spiro atoms. The third kappa shape index (κ3) is 12.3. The lowest BCUT2D eigenvalue weighted by atomic mass is 9.47. The molecule has 5 heterocycles. The van der Waals surface area contributed by atoms with Crippen molar-refractivity contribution in [3.8, 4) is 0 Å². The minimum Gasteiger partial charge on any atom is -0.454 e. The van der Waals surface area contributed by atoms with E-state index in [1.807, 2.05) is 13.8 Å². The Morgan fingerprint density at radius 3 is 1.90 bits per heavy atom. The number of hydrogen-bond donors (Lipinski definition) is 10. The van der Waals surface area contributed by atoms with Crippen LogP contribution < -0.4 is 0 Å². The van der Waals surface area contributed by atoms with Crippen LogP contribution in [0, 0.1) is 34.5 Å². The van der Waals surface area contributed by atoms with Crippen LogP contribution in [0.25, 0.3) is 0 Å². The van der Waals surface area contributed by atoms with Crippen LogP contribution in [0.5, 0.6) is 0 Å². The van der Waals surface area contributed by atoms with Crippen molar-refractivity contribution in [2.45, 2.75) is 266 Å². The Morgan fingerprint density at radius 2 is 1.26 bits per heavy atom. The first kappa shape index (κ1) is 63.8. The van der Waals surface area contributed by atoms with Crippen molar-refractivity contribution in [2.75, 3.05) is 34.5 Å². The fourth-order valence-electron chi connectivity index (χ4n) is 15.7. The summed E-state index contributed by atoms with van der Waals surface area (Å²) in [5.74, 6) is -0.0959. The summed E-state index contributed by atoms with van der Waals surface area (Å²) in [4.78, 5) is 12.1. The Morgan fingerprint density at radius 1 is 0.642 bits per heavy atom. The maximum absolute atomic E-state index is 12.2. The minimum atomic E-state index is -1.85. The van der Waals surface area contributed by atoms with Crippen LogP contribution in [0.4, 0.5) is 0 Å². The van der Waals surface area contributed by atoms with E-state index in [0.717, 1.165) is 38.5 Å². The van der Waals surface area contributed by atoms with E-state index in [-0.39, 0.29) is 28.8 Å². The maximum atomic E-state index is 12.2. The fourth-order valence-corrected chi connectivity index (χ4v) is 15.7. The zero-order valence-electron chi connectivity index (χ0n) is 48.1. The fraction of sp³-hybridized carbons (Fsp3) is 0.946. The Balaban J connectivity index is 0.831. The standard InChI is InChI=1S/C56H92O25/c1-22(73-53-50(48(70-10)39(61)23(2)74-53)81-52-45(67)43(65)41(63)35(79-52)21-71-51-44(66)42(64)40(62)34(20-57)78-51)37-32(59)18-31-29-12-11-27-17-28(13-15-55(27,6)30(29)14-16-56(31,37)7)77-36-19-33(68-8)46(25(4)72-36)80-54-49(76-26(5)58)47(69-9)38(60)24(3)75-54/h11,22-25,28-54,57,59-67H,12-21H2,1-10H3/t22-,23+,24+,25+,28-,29+,30-,31-,32+,33-,34+,35+,36-,37-,38-,39-,40+,41+,42-,43-,44+,45+,46+,47-,48-,49+,50+,51+,52-,53+,54-,55-,56-/m0/s1. The van der Waals surface area contributed by atoms with Crippen molar-refractivity contribution in [2.24, 2.45) is 34.5 Å². The van der Waals surface area contributed by atoms with Gasteiger partial charge in [-0.05, 0) is 101 Å². The van der Waals surface area contributed by atoms with Gasteiger partial charge in [-0.15, -0.1) is 0 Å². The predicted octanol–water partition coefficient (Wildman–Crippen LogP) is -0.956. The molecule has 10 N–H and O–H groups in total. The second-order valence-corrected chi connectivity index (χ2v) is 24.9. The number of fused-ring (bicyclic) bond motifs is 5. The van der Waals surface area contributed by atoms with Gasteiger partial charge in [0.15, 0.2) is 37.6 Å². The molecule has 8 fully saturated rings. The highest BCUT2D eigenvalue weighted by molar-refractivity contribution is 5.66. The van der Waals surface area contributed by atoms with Crippen molar-refractivity contribution in [1.82, 2.24) is 0 Å². The number of ether oxygens (including phenoxy) is 14. The highest BCUT2D eigenvalue weighted by Crippen LogP contribution is 2.67. The van der Waals surface area contributed by atoms with E-state index in [1.165, 1.54) is 26.7 Å². The molecule has 5 aliphatic heterocycles. The number of methoxy groups -OCH3 is 3. The summed E-state index contributed by atoms with van der Waals surface area (Å²) in [5.41, 5.74) is 0.949. The Labute approximate surface area is 473 Å². The number of carbonyl (C=O) groups is 1. The van der Waals surface area contributed by atoms with Crippen LogP contribution in [0.1, 0.15) is 99.8 Å². The third-order valence-corrected chi connectivity index (χ3v) is 20.2. The monoisotopic (exact) mass is 1160 g/mol. The summed E-state index contributed by atoms with van der Waals surface area (Å²) in [7, 11) is 4.40. The van der Waals surface area contributed by atoms with E-state index in [9.17, 15) is 55.9 Å². The predicted molar refractivity (Wildman–Crippen MR) is 276 cm³/mol. The van der Waals surface area contributed by atoms with Crippen LogP contribution in [-0.4, -0.2) is 257 Å². The average Bonchev–Trinajstić information content (AvgIpc) is 3.83. The van der Waals surface area contributed by atoms with Crippen molar-refractivity contribution in [3.63, 3.8) is 0 Å². The van der Waals surface area contributed by atoms with Crippen molar-refractivity contribution in [3.05, 3.63) is 11.6 Å². The van der Waals surface area contributed by atoms with Crippen LogP contribution >= 0.6 is 0 Å². The van der Waals surface area contributed by atoms with Gasteiger partial charge in [-0.1, -0.05) is 25.5 Å². The van der Waals surface area contributed by atoms with Crippen LogP contribution in [0.3, 0.4) is 0 Å². The largest absolute Gasteiger partial charge is 0.454 e. The van der Waals surface area contributed by atoms with Gasteiger partial charge in [0, 0.05) is 40.6 Å². The first-order chi connectivity index (χ1) is 38.4. The van der Waals surface area contributed by atoms with E-state index in [2.05, 4.69) is 19.9 Å². The highest BCUT2D eigenvalue weighted by Gasteiger charge is 2.63. The number of carbonyl (C=O) groups excluding carboxylic acids is 1. The van der Waals surface area contributed by atoms with Crippen molar-refractivity contribution >= 4 is 5.97 Å². The summed E-state index contributed by atoms with van der Waals surface area (Å²) in [6, 6.07) is 0. The molecule has 0 aromatic rings. The van der Waals surface area contributed by atoms with Gasteiger partial charge in [0.25, 0.3) is 0 Å². The average molecular weight is 1170 g/mol. The molecule has 9 rings (SSSR count). The Hall–Kier alpha value is -1.71. The summed E-state index contributed by atoms with van der Waals surface area (Å²) in [6.07, 6.45) is -22.1. The first-order valence-corrected chi connectivity index (χ1v) is 29.1. The zero-order valence-corrected chi connectivity index (χ0v) is 48.1. The number of rotatable bonds is 17. The molecule has 25 nitrogen and oxygen atoms in total. The minimum absolute atomic E-state index is 0.0830. The molecule has 33 atom stereocenters. The number of aliphatic hydroxyl groups is 10. The lowest BCUT2D eigenvalue weighted by molar-refractivity contribution is -0.376. The zero-order chi connectivity index (χ0) is 58.7. The Kier molecular flexibility index (Phi) is 20.4. The van der Waals surface area contributed by atoms with E-state index < -0.39 is 179 Å². The van der Waals surface area contributed by atoms with Gasteiger partial charge in [-0.2, -0.15) is 0 Å². The van der Waals surface area contributed by atoms with Crippen LogP contribution in [-0.2, 0) is 71.1 Å². The quantitative estimate of drug-likeness (QED) is 0.0620. The van der Waals surface area contributed by atoms with Gasteiger partial charge < -0.3 is 117 Å². The van der Waals surface area contributed by atoms with E-state index in [1.54, 1.807) is 21.0 Å². The van der Waals surface area contributed by atoms with Gasteiger partial charge in [-0.25, -0.2) is 0 Å². The van der Waals surface area contributed by atoms with Gasteiger partial charge in [-0.3, -0.25) is 4.79 Å². The molecular weight excluding hydrogens is 1070 g/mol. The molecule has 4 aliphatic carbocycles. The van der Waals surface area contributed by atoms with E-state index >= 15 is 0 Å². The molecule has 5 saturated heterocycles. The smallest absolute Gasteiger partial charge is 0.303 e. The molecule has 466 valence electrons. The number of aliphatic hydroxyl groups excluding tert-OH is 10. The number of allylic oxidation sites excluding steroid dienone is 1. The summed E-state index contributed by atoms with van der Waals surface area (Å²) in [6.45, 7) is 11.7. The first-order valence-electron chi connectivity index (χ1n) is 29.1. The molecule has 25 heteroatoms. The van der Waals surface area contributed by atoms with Gasteiger partial charge in [0.2, 0.25) is 0 Å².